The van der Waals surface area contributed by atoms with Gasteiger partial charge in [0.15, 0.2) is 5.78 Å². The second-order valence-corrected chi connectivity index (χ2v) is 26.0. The summed E-state index contributed by atoms with van der Waals surface area (Å²) in [6.07, 6.45) is 15.9. The lowest BCUT2D eigenvalue weighted by Gasteiger charge is -2.42. The van der Waals surface area contributed by atoms with E-state index in [0.717, 1.165) is 5.57 Å². The number of carbonyl (C=O) groups is 7. The smallest absolute Gasteiger partial charge is 0.410 e. The van der Waals surface area contributed by atoms with Crippen molar-refractivity contribution in [1.82, 2.24) is 35.1 Å². The molecule has 0 spiro atoms. The molecule has 2 aromatic heterocycles. The van der Waals surface area contributed by atoms with E-state index >= 15 is 0 Å². The number of ether oxygens (including phenoxy) is 6. The summed E-state index contributed by atoms with van der Waals surface area (Å²) in [7, 11) is 7.70. The van der Waals surface area contributed by atoms with E-state index in [1.54, 1.807) is 74.5 Å². The van der Waals surface area contributed by atoms with Crippen molar-refractivity contribution in [3.8, 4) is 0 Å². The molecule has 0 radical (unpaired) electrons. The molecule has 1 aliphatic carbocycles. The van der Waals surface area contributed by atoms with Crippen LogP contribution in [-0.2, 0) is 58.9 Å². The number of nitrogens with zero attached hydrogens (tertiary/aromatic N) is 8. The Balaban J connectivity index is 1.03. The van der Waals surface area contributed by atoms with E-state index in [4.69, 9.17) is 28.4 Å². The summed E-state index contributed by atoms with van der Waals surface area (Å²) in [6, 6.07) is -1.21. The van der Waals surface area contributed by atoms with Gasteiger partial charge in [0.05, 0.1) is 30.4 Å². The molecule has 3 saturated heterocycles. The lowest BCUT2D eigenvalue weighted by Crippen LogP contribution is -2.61. The third kappa shape index (κ3) is 18.7. The third-order valence-corrected chi connectivity index (χ3v) is 19.1. The minimum absolute atomic E-state index is 0.0131. The zero-order valence-electron chi connectivity index (χ0n) is 55.9. The Bertz CT molecular complexity index is 2970. The summed E-state index contributed by atoms with van der Waals surface area (Å²) in [6.45, 7) is 15.3. The molecular formula is C68H99N9O15. The number of aliphatic hydroxyl groups excluding tert-OH is 1. The molecule has 15 atom stereocenters. The monoisotopic (exact) mass is 1280 g/mol. The summed E-state index contributed by atoms with van der Waals surface area (Å²) >= 11 is 0. The fourth-order valence-corrected chi connectivity index (χ4v) is 13.2. The van der Waals surface area contributed by atoms with Gasteiger partial charge in [-0.2, -0.15) is 0 Å². The maximum atomic E-state index is 14.8. The van der Waals surface area contributed by atoms with E-state index < -0.39 is 102 Å². The number of ketones is 3. The molecule has 7 rings (SSSR count). The summed E-state index contributed by atoms with van der Waals surface area (Å²) in [4.78, 5) is 122. The molecule has 1 saturated carbocycles. The number of rotatable bonds is 12. The number of esters is 1. The summed E-state index contributed by atoms with van der Waals surface area (Å²) in [5.74, 6) is -7.78. The lowest BCUT2D eigenvalue weighted by molar-refractivity contribution is -0.265. The van der Waals surface area contributed by atoms with Crippen LogP contribution in [0.2, 0.25) is 0 Å². The number of aliphatic hydroxyl groups is 2. The van der Waals surface area contributed by atoms with Gasteiger partial charge in [-0.15, -0.1) is 0 Å². The Morgan fingerprint density at radius 2 is 1.46 bits per heavy atom. The van der Waals surface area contributed by atoms with Crippen LogP contribution < -0.4 is 15.1 Å². The number of hydrogen-bond donors (Lipinski definition) is 3. The van der Waals surface area contributed by atoms with Gasteiger partial charge in [0, 0.05) is 129 Å². The van der Waals surface area contributed by atoms with Gasteiger partial charge in [-0.05, 0) is 107 Å². The van der Waals surface area contributed by atoms with Crippen LogP contribution in [0.25, 0.3) is 0 Å². The Morgan fingerprint density at radius 1 is 0.793 bits per heavy atom. The zero-order valence-corrected chi connectivity index (χ0v) is 55.9. The van der Waals surface area contributed by atoms with Gasteiger partial charge in [0.25, 0.3) is 17.6 Å². The molecule has 2 aromatic rings. The number of amides is 3. The average Bonchev–Trinajstić information content (AvgIpc) is 0.782. The Kier molecular flexibility index (Phi) is 26.7. The first-order valence-electron chi connectivity index (χ1n) is 32.6. The van der Waals surface area contributed by atoms with Crippen molar-refractivity contribution in [1.29, 1.82) is 0 Å². The van der Waals surface area contributed by atoms with Crippen molar-refractivity contribution in [3.05, 3.63) is 83.5 Å². The number of aromatic nitrogens is 4. The number of allylic oxidation sites excluding steroid dienone is 6. The van der Waals surface area contributed by atoms with E-state index in [2.05, 4.69) is 30.2 Å². The van der Waals surface area contributed by atoms with Crippen LogP contribution in [0.1, 0.15) is 141 Å². The standard InChI is InChI=1S/C68H99N9O15/c1-41-18-14-13-15-19-42(2)55(87-10)34-51-23-21-47(7)68(86,92-51)61(81)63(83)77-25-17-16-20-52(77)64(84)90-56(35-53(78)43(3)31-46(6)59(80)60(89-12)58(79)45(5)30-41)44(4)32-48-22-24-54(57(33-48)88-11)91-67(85)74(9)40-49-36-70-65(71-37-49)75-26-28-76(29-27-75)66-72-38-50(39-73-66)62(82)69-8/h13-15,18-19,31,36-39,41,43-45,47-48,51-52,54-57,59-60,80,86H,16-17,20-30,32-35,40H2,1-12H3,(H,69,82)/b15-13+,18-14+,42-19+,46-31+/t41-,43-,44-,45-,47-,48+,51+,52+,54-,55+,56+,57-,59-,60+,68-/m1/s1. The van der Waals surface area contributed by atoms with Gasteiger partial charge < -0.3 is 63.6 Å². The predicted molar refractivity (Wildman–Crippen MR) is 343 cm³/mol. The largest absolute Gasteiger partial charge is 0.460 e. The first-order chi connectivity index (χ1) is 43.9. The highest BCUT2D eigenvalue weighted by molar-refractivity contribution is 6.39. The van der Waals surface area contributed by atoms with Crippen LogP contribution >= 0.6 is 0 Å². The predicted octanol–water partition coefficient (Wildman–Crippen LogP) is 6.72. The lowest BCUT2D eigenvalue weighted by atomic mass is 9.78. The molecule has 4 aliphatic heterocycles. The molecule has 24 heteroatoms. The second kappa shape index (κ2) is 33.8. The Labute approximate surface area is 541 Å². The van der Waals surface area contributed by atoms with Crippen LogP contribution in [0.4, 0.5) is 16.7 Å². The van der Waals surface area contributed by atoms with Crippen molar-refractivity contribution in [3.63, 3.8) is 0 Å². The van der Waals surface area contributed by atoms with Gasteiger partial charge in [-0.25, -0.2) is 29.5 Å². The fourth-order valence-electron chi connectivity index (χ4n) is 13.2. The molecular weight excluding hydrogens is 1180 g/mol. The van der Waals surface area contributed by atoms with Crippen LogP contribution in [0.5, 0.6) is 0 Å². The fraction of sp³-hybridized carbons (Fsp3) is 0.662. The molecule has 24 nitrogen and oxygen atoms in total. The van der Waals surface area contributed by atoms with Crippen molar-refractivity contribution < 1.29 is 72.2 Å². The molecule has 92 heavy (non-hydrogen) atoms. The van der Waals surface area contributed by atoms with Gasteiger partial charge in [-0.1, -0.05) is 71.1 Å². The number of fused-ring (bicyclic) bond motifs is 3. The normalized spacial score (nSPS) is 32.8. The highest BCUT2D eigenvalue weighted by Gasteiger charge is 2.53. The van der Waals surface area contributed by atoms with Gasteiger partial charge >= 0.3 is 12.1 Å². The second-order valence-electron chi connectivity index (χ2n) is 26.0. The number of nitrogens with one attached hydrogen (secondary N) is 1. The molecule has 506 valence electrons. The number of anilines is 2. The molecule has 4 fully saturated rings. The number of hydrogen-bond acceptors (Lipinski definition) is 21. The number of methoxy groups -OCH3 is 3. The highest BCUT2D eigenvalue weighted by Crippen LogP contribution is 2.38. The zero-order chi connectivity index (χ0) is 67.0. The van der Waals surface area contributed by atoms with Crippen LogP contribution in [-0.4, -0.2) is 204 Å². The third-order valence-electron chi connectivity index (χ3n) is 19.1. The minimum atomic E-state index is -2.48. The van der Waals surface area contributed by atoms with E-state index in [9.17, 15) is 43.8 Å². The maximum Gasteiger partial charge on any atom is 0.410 e. The van der Waals surface area contributed by atoms with E-state index in [0.29, 0.717) is 113 Å². The number of piperazine rings is 1. The van der Waals surface area contributed by atoms with E-state index in [1.807, 2.05) is 56.1 Å². The summed E-state index contributed by atoms with van der Waals surface area (Å²) in [5.41, 5.74) is 2.30. The molecule has 3 amide bonds. The van der Waals surface area contributed by atoms with Crippen LogP contribution in [0.15, 0.2) is 72.4 Å². The topological polar surface area (TPSA) is 292 Å². The molecule has 6 heterocycles. The average molecular weight is 1280 g/mol. The number of carbonyl (C=O) groups excluding carboxylic acids is 7. The van der Waals surface area contributed by atoms with Crippen molar-refractivity contribution >= 4 is 53.1 Å². The number of piperidine rings is 1. The van der Waals surface area contributed by atoms with E-state index in [1.165, 1.54) is 29.3 Å². The first-order valence-corrected chi connectivity index (χ1v) is 32.6. The summed E-state index contributed by atoms with van der Waals surface area (Å²) in [5, 5.41) is 26.3. The van der Waals surface area contributed by atoms with Gasteiger partial charge in [-0.3, -0.25) is 24.0 Å². The quantitative estimate of drug-likeness (QED) is 0.113. The summed E-state index contributed by atoms with van der Waals surface area (Å²) < 4.78 is 36.2. The van der Waals surface area contributed by atoms with Crippen molar-refractivity contribution in [2.24, 2.45) is 35.5 Å². The van der Waals surface area contributed by atoms with Crippen molar-refractivity contribution in [2.45, 2.75) is 187 Å². The Hall–Kier alpha value is -6.83. The molecule has 0 aromatic carbocycles. The Morgan fingerprint density at radius 3 is 2.09 bits per heavy atom. The molecule has 2 bridgehead atoms. The molecule has 5 aliphatic rings. The van der Waals surface area contributed by atoms with Gasteiger partial charge in [0.2, 0.25) is 17.7 Å². The number of cyclic esters (lactones) is 1. The highest BCUT2D eigenvalue weighted by atomic mass is 16.6. The van der Waals surface area contributed by atoms with E-state index in [-0.39, 0.29) is 61.7 Å². The molecule has 3 N–H and O–H groups in total. The van der Waals surface area contributed by atoms with Crippen LogP contribution in [0.3, 0.4) is 0 Å². The van der Waals surface area contributed by atoms with Crippen molar-refractivity contribution in [2.75, 3.05) is 77.9 Å². The van der Waals surface area contributed by atoms with Gasteiger partial charge in [0.1, 0.15) is 36.2 Å². The van der Waals surface area contributed by atoms with Crippen LogP contribution in [0, 0.1) is 35.5 Å². The molecule has 0 unspecified atom stereocenters. The SMILES string of the molecule is CNC(=O)c1cnc(N2CCN(c3ncc(CN(C)C(=O)O[C@@H]4CC[C@@H](C[C@@H](C)[C@@H]5CC(=O)[C@H](C)/C=C(\C)[C@@H](O)[C@@H](OC)C(=O)[C@H](C)C[C@H](C)/C=C/C=C/C=C(\C)[C@@H](OC)C[C@@H]6CC[C@@H](C)[C@@](O)(O6)C(=O)C(=O)N6CCCC[C@H]6C(=O)O5)C[C@H]4OC)cn3)CC2)nc1. The minimum Gasteiger partial charge on any atom is -0.460 e. The first kappa shape index (κ1) is 72.6. The maximum absolute atomic E-state index is 14.8. The number of Topliss-reactive ketones (excluding diaryl/α,β-unsaturated/α-hetero) is 3.